The number of halogens is 4. The number of anilines is 1. The Balaban J connectivity index is 1.71. The maximum absolute atomic E-state index is 12.4. The number of carbonyl (C=O) groups excluding carboxylic acids is 2. The van der Waals surface area contributed by atoms with Crippen molar-refractivity contribution in [2.75, 3.05) is 19.0 Å². The van der Waals surface area contributed by atoms with Crippen LogP contribution in [0.3, 0.4) is 0 Å². The highest BCUT2D eigenvalue weighted by molar-refractivity contribution is 7.22. The monoisotopic (exact) mass is 477 g/mol. The van der Waals surface area contributed by atoms with Crippen molar-refractivity contribution in [3.05, 3.63) is 55.3 Å². The lowest BCUT2D eigenvalue weighted by Crippen LogP contribution is -2.20. The number of rotatable bonds is 5. The van der Waals surface area contributed by atoms with Crippen molar-refractivity contribution in [3.63, 3.8) is 0 Å². The van der Waals surface area contributed by atoms with Gasteiger partial charge in [0.05, 0.1) is 16.8 Å². The standard InChI is InChI=1S/C18H11Cl4NO4S/c1-26-12-3-2-11-14(21)17(28-16(11)15(12)22)18(25)27-7-13(24)23-10-5-8(19)4-9(20)6-10/h2-6H,7H2,1H3,(H,23,24). The van der Waals surface area contributed by atoms with Gasteiger partial charge in [0.2, 0.25) is 0 Å². The van der Waals surface area contributed by atoms with E-state index in [-0.39, 0.29) is 9.90 Å². The molecular weight excluding hydrogens is 468 g/mol. The summed E-state index contributed by atoms with van der Waals surface area (Å²) >= 11 is 25.4. The average molecular weight is 479 g/mol. The second-order valence-electron chi connectivity index (χ2n) is 5.49. The number of hydrogen-bond donors (Lipinski definition) is 1. The molecule has 0 spiro atoms. The van der Waals surface area contributed by atoms with E-state index in [1.807, 2.05) is 0 Å². The van der Waals surface area contributed by atoms with Gasteiger partial charge in [-0.2, -0.15) is 0 Å². The summed E-state index contributed by atoms with van der Waals surface area (Å²) in [7, 11) is 1.49. The van der Waals surface area contributed by atoms with Crippen LogP contribution in [0.25, 0.3) is 10.1 Å². The number of carbonyl (C=O) groups is 2. The van der Waals surface area contributed by atoms with E-state index >= 15 is 0 Å². The van der Waals surface area contributed by atoms with Gasteiger partial charge in [0.15, 0.2) is 6.61 Å². The molecule has 0 aliphatic heterocycles. The molecule has 28 heavy (non-hydrogen) atoms. The molecule has 0 saturated heterocycles. The molecule has 146 valence electrons. The topological polar surface area (TPSA) is 64.6 Å². The van der Waals surface area contributed by atoms with Crippen LogP contribution < -0.4 is 10.1 Å². The van der Waals surface area contributed by atoms with Gasteiger partial charge >= 0.3 is 5.97 Å². The third-order valence-electron chi connectivity index (χ3n) is 3.59. The molecule has 1 aromatic heterocycles. The smallest absolute Gasteiger partial charge is 0.350 e. The highest BCUT2D eigenvalue weighted by Crippen LogP contribution is 2.43. The number of hydrogen-bond acceptors (Lipinski definition) is 5. The average Bonchev–Trinajstić information content (AvgIpc) is 2.97. The molecule has 0 unspecified atom stereocenters. The van der Waals surface area contributed by atoms with Crippen molar-refractivity contribution in [2.24, 2.45) is 0 Å². The summed E-state index contributed by atoms with van der Waals surface area (Å²) in [4.78, 5) is 24.5. The molecule has 5 nitrogen and oxygen atoms in total. The summed E-state index contributed by atoms with van der Waals surface area (Å²) in [6, 6.07) is 7.92. The van der Waals surface area contributed by atoms with E-state index in [9.17, 15) is 9.59 Å². The van der Waals surface area contributed by atoms with Gasteiger partial charge in [0.25, 0.3) is 5.91 Å². The fourth-order valence-electron chi connectivity index (χ4n) is 2.39. The van der Waals surface area contributed by atoms with Crippen molar-refractivity contribution >= 4 is 85.4 Å². The summed E-state index contributed by atoms with van der Waals surface area (Å²) < 4.78 is 10.8. The van der Waals surface area contributed by atoms with Gasteiger partial charge in [-0.25, -0.2) is 4.79 Å². The molecule has 1 amide bonds. The molecule has 0 radical (unpaired) electrons. The lowest BCUT2D eigenvalue weighted by molar-refractivity contribution is -0.119. The largest absolute Gasteiger partial charge is 0.495 e. The normalized spacial score (nSPS) is 10.8. The minimum atomic E-state index is -0.736. The summed E-state index contributed by atoms with van der Waals surface area (Å²) in [6.45, 7) is -0.509. The Kier molecular flexibility index (Phi) is 6.58. The molecule has 0 aliphatic rings. The van der Waals surface area contributed by atoms with Gasteiger partial charge in [-0.15, -0.1) is 11.3 Å². The van der Waals surface area contributed by atoms with Gasteiger partial charge in [0, 0.05) is 21.1 Å². The Hall–Kier alpha value is -1.70. The van der Waals surface area contributed by atoms with Crippen LogP contribution in [0.15, 0.2) is 30.3 Å². The predicted octanol–water partition coefficient (Wildman–Crippen LogP) is 6.32. The molecule has 0 atom stereocenters. The summed E-state index contributed by atoms with van der Waals surface area (Å²) in [5.74, 6) is -0.823. The van der Waals surface area contributed by atoms with Crippen LogP contribution in [0.2, 0.25) is 20.1 Å². The number of esters is 1. The first-order valence-electron chi connectivity index (χ1n) is 7.67. The SMILES string of the molecule is COc1ccc2c(Cl)c(C(=O)OCC(=O)Nc3cc(Cl)cc(Cl)c3)sc2c1Cl. The first-order chi connectivity index (χ1) is 13.3. The molecule has 0 fully saturated rings. The predicted molar refractivity (Wildman–Crippen MR) is 114 cm³/mol. The molecule has 1 N–H and O–H groups in total. The van der Waals surface area contributed by atoms with E-state index in [2.05, 4.69) is 5.32 Å². The van der Waals surface area contributed by atoms with Crippen molar-refractivity contribution < 1.29 is 19.1 Å². The quantitative estimate of drug-likeness (QED) is 0.436. The third-order valence-corrected chi connectivity index (χ3v) is 6.22. The van der Waals surface area contributed by atoms with E-state index in [4.69, 9.17) is 55.9 Å². The maximum Gasteiger partial charge on any atom is 0.350 e. The second-order valence-corrected chi connectivity index (χ2v) is 8.14. The Morgan fingerprint density at radius 1 is 1.04 bits per heavy atom. The Morgan fingerprint density at radius 3 is 2.36 bits per heavy atom. The number of methoxy groups -OCH3 is 1. The number of amides is 1. The fraction of sp³-hybridized carbons (Fsp3) is 0.111. The van der Waals surface area contributed by atoms with Gasteiger partial charge in [0.1, 0.15) is 15.6 Å². The van der Waals surface area contributed by atoms with Gasteiger partial charge in [-0.05, 0) is 30.3 Å². The van der Waals surface area contributed by atoms with E-state index in [0.29, 0.717) is 36.6 Å². The molecule has 10 heteroatoms. The molecule has 0 saturated carbocycles. The van der Waals surface area contributed by atoms with Crippen molar-refractivity contribution in [1.82, 2.24) is 0 Å². The molecule has 3 rings (SSSR count). The van der Waals surface area contributed by atoms with Crippen molar-refractivity contribution in [3.8, 4) is 5.75 Å². The van der Waals surface area contributed by atoms with Gasteiger partial charge in [-0.3, -0.25) is 4.79 Å². The molecule has 1 heterocycles. The molecule has 0 aliphatic carbocycles. The number of thiophene rings is 1. The first kappa shape index (κ1) is 21.0. The van der Waals surface area contributed by atoms with E-state index in [1.54, 1.807) is 12.1 Å². The third kappa shape index (κ3) is 4.47. The van der Waals surface area contributed by atoms with E-state index < -0.39 is 18.5 Å². The Labute approximate surface area is 184 Å². The van der Waals surface area contributed by atoms with Crippen LogP contribution in [-0.2, 0) is 9.53 Å². The van der Waals surface area contributed by atoms with E-state index in [0.717, 1.165) is 11.3 Å². The van der Waals surface area contributed by atoms with Gasteiger partial charge in [-0.1, -0.05) is 46.4 Å². The van der Waals surface area contributed by atoms with Gasteiger partial charge < -0.3 is 14.8 Å². The summed E-state index contributed by atoms with van der Waals surface area (Å²) in [5, 5.41) is 4.43. The van der Waals surface area contributed by atoms with E-state index in [1.165, 1.54) is 25.3 Å². The lowest BCUT2D eigenvalue weighted by atomic mass is 10.2. The summed E-state index contributed by atoms with van der Waals surface area (Å²) in [6.07, 6.45) is 0. The second kappa shape index (κ2) is 8.76. The minimum Gasteiger partial charge on any atom is -0.495 e. The van der Waals surface area contributed by atoms with Crippen molar-refractivity contribution in [2.45, 2.75) is 0 Å². The van der Waals surface area contributed by atoms with Crippen molar-refractivity contribution in [1.29, 1.82) is 0 Å². The molecule has 2 aromatic carbocycles. The Bertz CT molecular complexity index is 1060. The number of nitrogens with one attached hydrogen (secondary N) is 1. The summed E-state index contributed by atoms with van der Waals surface area (Å²) in [5.41, 5.74) is 0.386. The van der Waals surface area contributed by atoms with Crippen LogP contribution in [-0.4, -0.2) is 25.6 Å². The van der Waals surface area contributed by atoms with Crippen LogP contribution in [0.1, 0.15) is 9.67 Å². The van der Waals surface area contributed by atoms with Crippen LogP contribution in [0, 0.1) is 0 Å². The first-order valence-corrected chi connectivity index (χ1v) is 10.0. The zero-order valence-electron chi connectivity index (χ0n) is 14.1. The highest BCUT2D eigenvalue weighted by Gasteiger charge is 2.22. The van der Waals surface area contributed by atoms with Crippen LogP contribution in [0.4, 0.5) is 5.69 Å². The zero-order chi connectivity index (χ0) is 20.4. The molecule has 3 aromatic rings. The van der Waals surface area contributed by atoms with Crippen LogP contribution >= 0.6 is 57.7 Å². The van der Waals surface area contributed by atoms with Crippen LogP contribution in [0.5, 0.6) is 5.75 Å². The lowest BCUT2D eigenvalue weighted by Gasteiger charge is -2.07. The minimum absolute atomic E-state index is 0.144. The number of benzene rings is 2. The zero-order valence-corrected chi connectivity index (χ0v) is 18.0. The highest BCUT2D eigenvalue weighted by atomic mass is 35.5. The number of fused-ring (bicyclic) bond motifs is 1. The number of ether oxygens (including phenoxy) is 2. The Morgan fingerprint density at radius 2 is 1.71 bits per heavy atom. The maximum atomic E-state index is 12.4. The molecular formula is C18H11Cl4NO4S. The fourth-order valence-corrected chi connectivity index (χ4v) is 4.69. The molecule has 0 bridgehead atoms.